The van der Waals surface area contributed by atoms with Crippen LogP contribution >= 0.6 is 11.6 Å². The molecule has 0 heterocycles. The van der Waals surface area contributed by atoms with Gasteiger partial charge in [0.15, 0.2) is 0 Å². The van der Waals surface area contributed by atoms with Crippen LogP contribution < -0.4 is 10.1 Å². The Bertz CT molecular complexity index is 614. The van der Waals surface area contributed by atoms with Crippen LogP contribution in [-0.4, -0.2) is 24.2 Å². The molecule has 0 spiro atoms. The van der Waals surface area contributed by atoms with Crippen molar-refractivity contribution in [3.05, 3.63) is 64.7 Å². The molecule has 1 amide bonds. The molecule has 5 heteroatoms. The smallest absolute Gasteiger partial charge is 0.224 e. The van der Waals surface area contributed by atoms with Crippen LogP contribution in [0.5, 0.6) is 5.75 Å². The van der Waals surface area contributed by atoms with Gasteiger partial charge in [0.05, 0.1) is 13.0 Å². The third kappa shape index (κ3) is 5.06. The fourth-order valence-corrected chi connectivity index (χ4v) is 2.11. The Morgan fingerprint density at radius 1 is 1.14 bits per heavy atom. The highest BCUT2D eigenvalue weighted by Gasteiger charge is 2.04. The number of carbonyl (C=O) groups excluding carboxylic acids is 1. The Kier molecular flexibility index (Phi) is 6.25. The monoisotopic (exact) mass is 319 g/mol. The van der Waals surface area contributed by atoms with E-state index < -0.39 is 0 Å². The average Bonchev–Trinajstić information content (AvgIpc) is 2.53. The first kappa shape index (κ1) is 16.3. The number of carbonyl (C=O) groups is 1. The summed E-state index contributed by atoms with van der Waals surface area (Å²) in [6, 6.07) is 14.9. The maximum Gasteiger partial charge on any atom is 0.224 e. The van der Waals surface area contributed by atoms with E-state index in [4.69, 9.17) is 21.4 Å². The highest BCUT2D eigenvalue weighted by molar-refractivity contribution is 6.31. The molecule has 4 nitrogen and oxygen atoms in total. The van der Waals surface area contributed by atoms with Gasteiger partial charge in [0.1, 0.15) is 12.4 Å². The van der Waals surface area contributed by atoms with Crippen molar-refractivity contribution >= 4 is 17.5 Å². The number of halogens is 1. The lowest BCUT2D eigenvalue weighted by atomic mass is 10.1. The minimum Gasteiger partial charge on any atom is -0.489 e. The fourth-order valence-electron chi connectivity index (χ4n) is 1.92. The summed E-state index contributed by atoms with van der Waals surface area (Å²) in [7, 11) is 0. The van der Waals surface area contributed by atoms with Crippen molar-refractivity contribution in [2.75, 3.05) is 13.2 Å². The van der Waals surface area contributed by atoms with Crippen LogP contribution in [0.1, 0.15) is 11.1 Å². The van der Waals surface area contributed by atoms with Crippen LogP contribution in [0.25, 0.3) is 0 Å². The zero-order valence-electron chi connectivity index (χ0n) is 12.1. The molecule has 0 aliphatic heterocycles. The number of benzene rings is 2. The molecule has 0 aromatic heterocycles. The normalized spacial score (nSPS) is 10.3. The van der Waals surface area contributed by atoms with E-state index in [9.17, 15) is 4.79 Å². The molecule has 2 N–H and O–H groups in total. The number of ether oxygens (including phenoxy) is 1. The average molecular weight is 320 g/mol. The lowest BCUT2D eigenvalue weighted by Crippen LogP contribution is -2.27. The predicted octanol–water partition coefficient (Wildman–Crippen LogP) is 2.57. The Hall–Kier alpha value is -2.04. The molecule has 2 aromatic carbocycles. The van der Waals surface area contributed by atoms with Gasteiger partial charge in [0, 0.05) is 17.1 Å². The van der Waals surface area contributed by atoms with Gasteiger partial charge in [0.25, 0.3) is 0 Å². The van der Waals surface area contributed by atoms with E-state index in [1.54, 1.807) is 0 Å². The Morgan fingerprint density at radius 2 is 1.86 bits per heavy atom. The molecule has 0 aliphatic rings. The first-order valence-electron chi connectivity index (χ1n) is 7.02. The minimum atomic E-state index is -0.112. The molecule has 0 radical (unpaired) electrons. The van der Waals surface area contributed by atoms with Crippen LogP contribution in [0.3, 0.4) is 0 Å². The molecule has 2 rings (SSSR count). The highest BCUT2D eigenvalue weighted by atomic mass is 35.5. The third-order valence-electron chi connectivity index (χ3n) is 3.07. The zero-order chi connectivity index (χ0) is 15.8. The molecule has 0 unspecified atom stereocenters. The Morgan fingerprint density at radius 3 is 2.55 bits per heavy atom. The largest absolute Gasteiger partial charge is 0.489 e. The van der Waals surface area contributed by atoms with Gasteiger partial charge in [-0.25, -0.2) is 0 Å². The Labute approximate surface area is 134 Å². The summed E-state index contributed by atoms with van der Waals surface area (Å²) in [4.78, 5) is 11.5. The van der Waals surface area contributed by atoms with E-state index in [-0.39, 0.29) is 25.5 Å². The zero-order valence-corrected chi connectivity index (χ0v) is 12.8. The van der Waals surface area contributed by atoms with Gasteiger partial charge < -0.3 is 15.2 Å². The number of hydrogen-bond acceptors (Lipinski definition) is 3. The summed E-state index contributed by atoms with van der Waals surface area (Å²) in [5, 5.41) is 11.9. The lowest BCUT2D eigenvalue weighted by molar-refractivity contribution is -0.120. The number of aliphatic hydroxyl groups is 1. The van der Waals surface area contributed by atoms with Gasteiger partial charge in [-0.2, -0.15) is 0 Å². The van der Waals surface area contributed by atoms with E-state index in [1.165, 1.54) is 0 Å². The van der Waals surface area contributed by atoms with Crippen molar-refractivity contribution < 1.29 is 14.6 Å². The molecule has 0 fully saturated rings. The second-order valence-corrected chi connectivity index (χ2v) is 5.18. The lowest BCUT2D eigenvalue weighted by Gasteiger charge is -2.08. The van der Waals surface area contributed by atoms with Gasteiger partial charge in [0.2, 0.25) is 5.91 Å². The van der Waals surface area contributed by atoms with E-state index in [2.05, 4.69) is 5.32 Å². The minimum absolute atomic E-state index is 0.0550. The second kappa shape index (κ2) is 8.41. The second-order valence-electron chi connectivity index (χ2n) is 4.77. The SMILES string of the molecule is O=C(Cc1ccc(OCc2ccccc2Cl)cc1)NCCO. The van der Waals surface area contributed by atoms with Crippen molar-refractivity contribution in [2.24, 2.45) is 0 Å². The van der Waals surface area contributed by atoms with Gasteiger partial charge in [-0.1, -0.05) is 41.9 Å². The highest BCUT2D eigenvalue weighted by Crippen LogP contribution is 2.19. The van der Waals surface area contributed by atoms with Gasteiger partial charge in [-0.3, -0.25) is 4.79 Å². The number of hydrogen-bond donors (Lipinski definition) is 2. The van der Waals surface area contributed by atoms with Crippen molar-refractivity contribution in [2.45, 2.75) is 13.0 Å². The standard InChI is InChI=1S/C17H18ClNO3/c18-16-4-2-1-3-14(16)12-22-15-7-5-13(6-8-15)11-17(21)19-9-10-20/h1-8,20H,9-12H2,(H,19,21). The summed E-state index contributed by atoms with van der Waals surface area (Å²) in [6.45, 7) is 0.619. The summed E-state index contributed by atoms with van der Waals surface area (Å²) in [6.07, 6.45) is 0.283. The van der Waals surface area contributed by atoms with Crippen LogP contribution in [0.15, 0.2) is 48.5 Å². The summed E-state index contributed by atoms with van der Waals surface area (Å²) < 4.78 is 5.68. The van der Waals surface area contributed by atoms with Crippen molar-refractivity contribution in [1.82, 2.24) is 5.32 Å². The van der Waals surface area contributed by atoms with Gasteiger partial charge in [-0.05, 0) is 23.8 Å². The molecule has 0 saturated heterocycles. The van der Waals surface area contributed by atoms with Crippen LogP contribution in [0, 0.1) is 0 Å². The summed E-state index contributed by atoms with van der Waals surface area (Å²) in [5.74, 6) is 0.609. The first-order valence-corrected chi connectivity index (χ1v) is 7.39. The molecule has 116 valence electrons. The number of amides is 1. The molecule has 22 heavy (non-hydrogen) atoms. The van der Waals surface area contributed by atoms with Gasteiger partial charge in [-0.15, -0.1) is 0 Å². The van der Waals surface area contributed by atoms with E-state index >= 15 is 0 Å². The maximum absolute atomic E-state index is 11.5. The topological polar surface area (TPSA) is 58.6 Å². The van der Waals surface area contributed by atoms with Gasteiger partial charge >= 0.3 is 0 Å². The van der Waals surface area contributed by atoms with Crippen molar-refractivity contribution in [1.29, 1.82) is 0 Å². The molecule has 0 atom stereocenters. The molecular formula is C17H18ClNO3. The molecule has 0 aliphatic carbocycles. The van der Waals surface area contributed by atoms with E-state index in [0.29, 0.717) is 11.6 Å². The summed E-state index contributed by atoms with van der Waals surface area (Å²) in [5.41, 5.74) is 1.82. The van der Waals surface area contributed by atoms with Crippen LogP contribution in [0.2, 0.25) is 5.02 Å². The van der Waals surface area contributed by atoms with Crippen molar-refractivity contribution in [3.63, 3.8) is 0 Å². The number of nitrogens with one attached hydrogen (secondary N) is 1. The third-order valence-corrected chi connectivity index (χ3v) is 3.44. The number of aliphatic hydroxyl groups excluding tert-OH is 1. The molecule has 2 aromatic rings. The fraction of sp³-hybridized carbons (Fsp3) is 0.235. The van der Waals surface area contributed by atoms with Crippen LogP contribution in [-0.2, 0) is 17.8 Å². The maximum atomic E-state index is 11.5. The van der Waals surface area contributed by atoms with Crippen LogP contribution in [0.4, 0.5) is 0 Å². The predicted molar refractivity (Wildman–Crippen MR) is 86.0 cm³/mol. The summed E-state index contributed by atoms with van der Waals surface area (Å²) >= 11 is 6.07. The van der Waals surface area contributed by atoms with E-state index in [0.717, 1.165) is 16.9 Å². The van der Waals surface area contributed by atoms with E-state index in [1.807, 2.05) is 48.5 Å². The van der Waals surface area contributed by atoms with Crippen molar-refractivity contribution in [3.8, 4) is 5.75 Å². The Balaban J connectivity index is 1.87. The first-order chi connectivity index (χ1) is 10.7. The molecular weight excluding hydrogens is 302 g/mol. The molecule has 0 saturated carbocycles. The molecule has 0 bridgehead atoms. The number of rotatable bonds is 7. The quantitative estimate of drug-likeness (QED) is 0.824.